The average molecular weight is 383 g/mol. The van der Waals surface area contributed by atoms with E-state index in [1.54, 1.807) is 19.6 Å². The molecule has 1 saturated heterocycles. The van der Waals surface area contributed by atoms with Crippen molar-refractivity contribution in [2.75, 3.05) is 25.1 Å². The largest absolute Gasteiger partial charge is 0.491 e. The van der Waals surface area contributed by atoms with Crippen molar-refractivity contribution >= 4 is 27.2 Å². The Labute approximate surface area is 164 Å². The Kier molecular flexibility index (Phi) is 5.55. The summed E-state index contributed by atoms with van der Waals surface area (Å²) in [7, 11) is 1.69. The highest BCUT2D eigenvalue weighted by atomic mass is 32.1. The highest BCUT2D eigenvalue weighted by Gasteiger charge is 2.30. The number of fused-ring (bicyclic) bond motifs is 1. The average Bonchev–Trinajstić information content (AvgIpc) is 3.12. The molecule has 6 heteroatoms. The Balaban J connectivity index is 1.48. The Hall–Kier alpha value is -2.18. The first-order valence-electron chi connectivity index (χ1n) is 9.57. The van der Waals surface area contributed by atoms with Crippen LogP contribution in [0.3, 0.4) is 0 Å². The predicted octanol–water partition coefficient (Wildman–Crippen LogP) is 3.89. The number of nitrogens with one attached hydrogen (secondary N) is 1. The second-order valence-electron chi connectivity index (χ2n) is 7.07. The molecule has 0 radical (unpaired) electrons. The zero-order chi connectivity index (χ0) is 18.6. The third-order valence-electron chi connectivity index (χ3n) is 5.45. The quantitative estimate of drug-likeness (QED) is 0.701. The summed E-state index contributed by atoms with van der Waals surface area (Å²) >= 11 is 1.85. The molecule has 0 saturated carbocycles. The normalized spacial score (nSPS) is 20.1. The lowest BCUT2D eigenvalue weighted by Gasteiger charge is -2.41. The second-order valence-corrected chi connectivity index (χ2v) is 7.98. The molecule has 0 bridgehead atoms. The van der Waals surface area contributed by atoms with Crippen molar-refractivity contribution in [2.45, 2.75) is 38.3 Å². The van der Waals surface area contributed by atoms with E-state index in [1.807, 2.05) is 11.3 Å². The number of thiophene rings is 1. The highest BCUT2D eigenvalue weighted by Crippen LogP contribution is 2.31. The molecule has 1 aromatic carbocycles. The molecule has 1 N–H and O–H groups in total. The van der Waals surface area contributed by atoms with Gasteiger partial charge in [0.05, 0.1) is 13.3 Å². The van der Waals surface area contributed by atoms with Gasteiger partial charge in [-0.1, -0.05) is 18.2 Å². The van der Waals surface area contributed by atoms with Crippen LogP contribution >= 0.6 is 11.3 Å². The maximum atomic E-state index is 5.51. The van der Waals surface area contributed by atoms with Crippen molar-refractivity contribution in [3.63, 3.8) is 0 Å². The first-order chi connectivity index (χ1) is 13.3. The van der Waals surface area contributed by atoms with Gasteiger partial charge in [-0.3, -0.25) is 0 Å². The van der Waals surface area contributed by atoms with E-state index in [4.69, 9.17) is 4.74 Å². The standard InChI is InChI=1S/C21H26N4OS/c1-15-18(8-5-6-16-13-27-20-9-4-3-7-17(16)20)25(11-10-23-15)21-19(26-2)12-22-14-24-21/h3-4,7,9,12-15,18,23H,5-6,8,10-11H2,1-2H3. The second kappa shape index (κ2) is 8.23. The smallest absolute Gasteiger partial charge is 0.179 e. The van der Waals surface area contributed by atoms with Gasteiger partial charge in [-0.2, -0.15) is 0 Å². The van der Waals surface area contributed by atoms with E-state index in [2.05, 4.69) is 56.8 Å². The van der Waals surface area contributed by atoms with Crippen molar-refractivity contribution in [3.05, 3.63) is 47.7 Å². The number of benzene rings is 1. The van der Waals surface area contributed by atoms with E-state index >= 15 is 0 Å². The molecule has 142 valence electrons. The lowest BCUT2D eigenvalue weighted by Crippen LogP contribution is -2.57. The van der Waals surface area contributed by atoms with Gasteiger partial charge in [0.1, 0.15) is 6.33 Å². The number of aryl methyl sites for hydroxylation is 1. The number of rotatable bonds is 6. The molecule has 2 aromatic heterocycles. The molecular formula is C21H26N4OS. The number of anilines is 1. The summed E-state index contributed by atoms with van der Waals surface area (Å²) < 4.78 is 6.89. The molecule has 3 aromatic rings. The zero-order valence-electron chi connectivity index (χ0n) is 15.9. The van der Waals surface area contributed by atoms with Crippen LogP contribution in [0.5, 0.6) is 5.75 Å². The Bertz CT molecular complexity index is 897. The minimum atomic E-state index is 0.396. The zero-order valence-corrected chi connectivity index (χ0v) is 16.7. The fraction of sp³-hybridized carbons (Fsp3) is 0.429. The molecular weight excluding hydrogens is 356 g/mol. The molecule has 1 fully saturated rings. The maximum Gasteiger partial charge on any atom is 0.179 e. The number of hydrogen-bond acceptors (Lipinski definition) is 6. The molecule has 1 aliphatic heterocycles. The van der Waals surface area contributed by atoms with Gasteiger partial charge in [-0.15, -0.1) is 11.3 Å². The van der Waals surface area contributed by atoms with Gasteiger partial charge >= 0.3 is 0 Å². The molecule has 27 heavy (non-hydrogen) atoms. The summed E-state index contributed by atoms with van der Waals surface area (Å²) in [5.41, 5.74) is 1.47. The van der Waals surface area contributed by atoms with E-state index in [-0.39, 0.29) is 0 Å². The van der Waals surface area contributed by atoms with Gasteiger partial charge in [0, 0.05) is 29.9 Å². The van der Waals surface area contributed by atoms with Crippen molar-refractivity contribution in [1.82, 2.24) is 15.3 Å². The van der Waals surface area contributed by atoms with Gasteiger partial charge in [-0.05, 0) is 48.6 Å². The van der Waals surface area contributed by atoms with E-state index in [1.165, 1.54) is 15.6 Å². The SMILES string of the molecule is COc1cncnc1N1CCNC(C)C1CCCc1csc2ccccc12. The Morgan fingerprint density at radius 3 is 3.11 bits per heavy atom. The van der Waals surface area contributed by atoms with Crippen molar-refractivity contribution < 1.29 is 4.74 Å². The van der Waals surface area contributed by atoms with Gasteiger partial charge < -0.3 is 15.0 Å². The third-order valence-corrected chi connectivity index (χ3v) is 6.47. The van der Waals surface area contributed by atoms with Crippen LogP contribution < -0.4 is 15.0 Å². The Morgan fingerprint density at radius 2 is 2.22 bits per heavy atom. The predicted molar refractivity (Wildman–Crippen MR) is 112 cm³/mol. The topological polar surface area (TPSA) is 50.3 Å². The number of piperazine rings is 1. The van der Waals surface area contributed by atoms with Crippen LogP contribution in [0.1, 0.15) is 25.3 Å². The minimum Gasteiger partial charge on any atom is -0.491 e. The van der Waals surface area contributed by atoms with Crippen LogP contribution in [-0.2, 0) is 6.42 Å². The van der Waals surface area contributed by atoms with Crippen LogP contribution in [0.2, 0.25) is 0 Å². The van der Waals surface area contributed by atoms with Crippen molar-refractivity contribution in [3.8, 4) is 5.75 Å². The fourth-order valence-electron chi connectivity index (χ4n) is 4.05. The van der Waals surface area contributed by atoms with Crippen LogP contribution in [0.25, 0.3) is 10.1 Å². The van der Waals surface area contributed by atoms with Crippen LogP contribution in [0.4, 0.5) is 5.82 Å². The van der Waals surface area contributed by atoms with E-state index < -0.39 is 0 Å². The minimum absolute atomic E-state index is 0.396. The van der Waals surface area contributed by atoms with Gasteiger partial charge in [0.15, 0.2) is 11.6 Å². The van der Waals surface area contributed by atoms with Gasteiger partial charge in [0.25, 0.3) is 0 Å². The van der Waals surface area contributed by atoms with Gasteiger partial charge in [0.2, 0.25) is 0 Å². The highest BCUT2D eigenvalue weighted by molar-refractivity contribution is 7.17. The molecule has 1 aliphatic rings. The summed E-state index contributed by atoms with van der Waals surface area (Å²) in [6, 6.07) is 9.51. The number of methoxy groups -OCH3 is 1. The number of nitrogens with zero attached hydrogens (tertiary/aromatic N) is 3. The number of aromatic nitrogens is 2. The van der Waals surface area contributed by atoms with Crippen LogP contribution in [0, 0.1) is 0 Å². The molecule has 2 atom stereocenters. The summed E-state index contributed by atoms with van der Waals surface area (Å²) in [6.07, 6.45) is 6.75. The van der Waals surface area contributed by atoms with Crippen molar-refractivity contribution in [1.29, 1.82) is 0 Å². The molecule has 4 rings (SSSR count). The van der Waals surface area contributed by atoms with Crippen LogP contribution in [0.15, 0.2) is 42.2 Å². The van der Waals surface area contributed by atoms with E-state index in [0.717, 1.165) is 43.9 Å². The molecule has 5 nitrogen and oxygen atoms in total. The monoisotopic (exact) mass is 382 g/mol. The molecule has 0 aliphatic carbocycles. The van der Waals surface area contributed by atoms with E-state index in [0.29, 0.717) is 12.1 Å². The lowest BCUT2D eigenvalue weighted by molar-refractivity contribution is 0.352. The summed E-state index contributed by atoms with van der Waals surface area (Å²) in [5, 5.41) is 7.35. The number of hydrogen-bond donors (Lipinski definition) is 1. The first-order valence-corrected chi connectivity index (χ1v) is 10.4. The summed E-state index contributed by atoms with van der Waals surface area (Å²) in [5.74, 6) is 1.66. The Morgan fingerprint density at radius 1 is 1.33 bits per heavy atom. The number of ether oxygens (including phenoxy) is 1. The van der Waals surface area contributed by atoms with Crippen molar-refractivity contribution in [2.24, 2.45) is 0 Å². The first kappa shape index (κ1) is 18.2. The summed E-state index contributed by atoms with van der Waals surface area (Å²) in [6.45, 7) is 4.16. The molecule has 0 amide bonds. The van der Waals surface area contributed by atoms with E-state index in [9.17, 15) is 0 Å². The molecule has 0 spiro atoms. The fourth-order valence-corrected chi connectivity index (χ4v) is 5.05. The molecule has 2 unspecified atom stereocenters. The lowest BCUT2D eigenvalue weighted by atomic mass is 9.97. The maximum absolute atomic E-state index is 5.51. The van der Waals surface area contributed by atoms with Crippen LogP contribution in [-0.4, -0.2) is 42.3 Å². The third kappa shape index (κ3) is 3.77. The summed E-state index contributed by atoms with van der Waals surface area (Å²) in [4.78, 5) is 11.0. The van der Waals surface area contributed by atoms with Gasteiger partial charge in [-0.25, -0.2) is 9.97 Å². The molecule has 3 heterocycles.